The van der Waals surface area contributed by atoms with E-state index in [0.29, 0.717) is 35.2 Å². The van der Waals surface area contributed by atoms with Gasteiger partial charge in [-0.3, -0.25) is 9.98 Å². The maximum atomic E-state index is 14.1. The zero-order valence-corrected chi connectivity index (χ0v) is 16.5. The Bertz CT molecular complexity index is 886. The third kappa shape index (κ3) is 4.66. The molecule has 0 bridgehead atoms. The lowest BCUT2D eigenvalue weighted by Crippen LogP contribution is -2.30. The highest BCUT2D eigenvalue weighted by Gasteiger charge is 2.20. The maximum absolute atomic E-state index is 14.1. The Morgan fingerprint density at radius 2 is 2.14 bits per heavy atom. The molecule has 0 aliphatic carbocycles. The Hall–Kier alpha value is -2.51. The number of rotatable bonds is 7. The molecule has 0 unspecified atom stereocenters. The van der Waals surface area contributed by atoms with Gasteiger partial charge < -0.3 is 10.1 Å². The Morgan fingerprint density at radius 1 is 1.39 bits per heavy atom. The van der Waals surface area contributed by atoms with E-state index in [4.69, 9.17) is 16.3 Å². The largest absolute Gasteiger partial charge is 0.488 e. The van der Waals surface area contributed by atoms with E-state index in [2.05, 4.69) is 27.1 Å². The first-order valence-corrected chi connectivity index (χ1v) is 9.49. The summed E-state index contributed by atoms with van der Waals surface area (Å²) in [6.45, 7) is 6.12. The van der Waals surface area contributed by atoms with Crippen LogP contribution in [0.3, 0.4) is 0 Å². The minimum absolute atomic E-state index is 0.204. The Balaban J connectivity index is 1.91. The number of benzene rings is 1. The summed E-state index contributed by atoms with van der Waals surface area (Å²) in [5, 5.41) is 7.78. The highest BCUT2D eigenvalue weighted by molar-refractivity contribution is 6.69. The van der Waals surface area contributed by atoms with Gasteiger partial charge >= 0.3 is 0 Å². The Kier molecular flexibility index (Phi) is 6.95. The zero-order chi connectivity index (χ0) is 19.9. The van der Waals surface area contributed by atoms with Gasteiger partial charge in [-0.1, -0.05) is 23.7 Å². The van der Waals surface area contributed by atoms with Crippen LogP contribution in [-0.2, 0) is 4.74 Å². The van der Waals surface area contributed by atoms with E-state index in [0.717, 1.165) is 25.9 Å². The summed E-state index contributed by atoms with van der Waals surface area (Å²) >= 11 is 6.30. The fourth-order valence-corrected chi connectivity index (χ4v) is 3.23. The van der Waals surface area contributed by atoms with Crippen LogP contribution < -0.4 is 5.32 Å². The fourth-order valence-electron chi connectivity index (χ4n) is 3.09. The Labute approximate surface area is 168 Å². The third-order valence-electron chi connectivity index (χ3n) is 4.63. The first-order valence-electron chi connectivity index (χ1n) is 9.11. The van der Waals surface area contributed by atoms with E-state index in [1.807, 2.05) is 0 Å². The molecule has 1 aliphatic rings. The van der Waals surface area contributed by atoms with Crippen LogP contribution in [0.4, 0.5) is 4.39 Å². The third-order valence-corrected chi connectivity index (χ3v) is 4.97. The maximum Gasteiger partial charge on any atom is 0.182 e. The summed E-state index contributed by atoms with van der Waals surface area (Å²) in [5.41, 5.74) is 1.37. The molecule has 2 heterocycles. The summed E-state index contributed by atoms with van der Waals surface area (Å²) in [6.07, 6.45) is 5.31. The number of allylic oxidation sites excluding steroid dienone is 1. The van der Waals surface area contributed by atoms with E-state index >= 15 is 0 Å². The van der Waals surface area contributed by atoms with Crippen molar-refractivity contribution in [3.05, 3.63) is 53.8 Å². The number of aliphatic imine (C=N–C) groups is 2. The molecule has 0 radical (unpaired) electrons. The smallest absolute Gasteiger partial charge is 0.182 e. The van der Waals surface area contributed by atoms with Gasteiger partial charge in [0.25, 0.3) is 0 Å². The molecule has 1 fully saturated rings. The molecular formula is C20H23ClFN5O. The molecule has 0 amide bonds. The number of nitrogens with zero attached hydrogens (tertiary/aromatic N) is 4. The summed E-state index contributed by atoms with van der Waals surface area (Å²) in [5.74, 6) is 0.417. The van der Waals surface area contributed by atoms with Crippen molar-refractivity contribution in [2.24, 2.45) is 15.9 Å². The molecule has 1 aromatic carbocycles. The molecule has 1 aliphatic heterocycles. The van der Waals surface area contributed by atoms with Gasteiger partial charge in [-0.05, 0) is 50.7 Å². The molecule has 2 aromatic rings. The van der Waals surface area contributed by atoms with Crippen LogP contribution in [0.5, 0.6) is 0 Å². The van der Waals surface area contributed by atoms with Gasteiger partial charge in [-0.25, -0.2) is 9.07 Å². The summed E-state index contributed by atoms with van der Waals surface area (Å²) < 4.78 is 21.5. The van der Waals surface area contributed by atoms with Crippen LogP contribution in [-0.4, -0.2) is 48.4 Å². The average molecular weight is 404 g/mol. The van der Waals surface area contributed by atoms with E-state index in [1.54, 1.807) is 37.6 Å². The van der Waals surface area contributed by atoms with Crippen LogP contribution in [0.1, 0.15) is 18.4 Å². The number of nitrogens with one attached hydrogen (secondary N) is 1. The molecule has 1 saturated heterocycles. The predicted octanol–water partition coefficient (Wildman–Crippen LogP) is 3.66. The molecule has 148 valence electrons. The van der Waals surface area contributed by atoms with E-state index in [1.165, 1.54) is 10.7 Å². The molecule has 0 saturated carbocycles. The van der Waals surface area contributed by atoms with Gasteiger partial charge in [-0.15, -0.1) is 0 Å². The first kappa shape index (κ1) is 20.2. The lowest BCUT2D eigenvalue weighted by atomic mass is 9.99. The van der Waals surface area contributed by atoms with Crippen molar-refractivity contribution in [1.29, 1.82) is 0 Å². The molecule has 0 spiro atoms. The lowest BCUT2D eigenvalue weighted by molar-refractivity contribution is 0.160. The first-order chi connectivity index (χ1) is 13.6. The predicted molar refractivity (Wildman–Crippen MR) is 111 cm³/mol. The van der Waals surface area contributed by atoms with E-state index in [9.17, 15) is 4.39 Å². The number of piperidine rings is 1. The fraction of sp³-hybridized carbons (Fsp3) is 0.350. The standard InChI is InChI=1S/C20H23ClFN5O/c1-23-18(15-11-26-27(12-15)17-6-4-3-5-16(17)22)19(20(21)24-2)28-13-14-7-9-25-10-8-14/h3-6,11-12,14,25H,1,7-10,13H2,2H3/b19-18+,24-20?. The van der Waals surface area contributed by atoms with Crippen molar-refractivity contribution >= 4 is 29.2 Å². The van der Waals surface area contributed by atoms with Crippen LogP contribution in [0.25, 0.3) is 11.4 Å². The van der Waals surface area contributed by atoms with Crippen molar-refractivity contribution in [3.8, 4) is 5.69 Å². The summed E-state index contributed by atoms with van der Waals surface area (Å²) in [7, 11) is 1.58. The number of halogens is 2. The number of para-hydroxylation sites is 1. The van der Waals surface area contributed by atoms with Gasteiger partial charge in [0.15, 0.2) is 10.9 Å². The van der Waals surface area contributed by atoms with E-state index < -0.39 is 0 Å². The molecular weight excluding hydrogens is 381 g/mol. The van der Waals surface area contributed by atoms with E-state index in [-0.39, 0.29) is 11.0 Å². The Morgan fingerprint density at radius 3 is 2.82 bits per heavy atom. The highest BCUT2D eigenvalue weighted by atomic mass is 35.5. The number of hydrogen-bond donors (Lipinski definition) is 1. The molecule has 0 atom stereocenters. The molecule has 3 rings (SSSR count). The van der Waals surface area contributed by atoms with Gasteiger partial charge in [-0.2, -0.15) is 5.10 Å². The topological polar surface area (TPSA) is 63.8 Å². The minimum atomic E-state index is -0.371. The number of aromatic nitrogens is 2. The second kappa shape index (κ2) is 9.61. The lowest BCUT2D eigenvalue weighted by Gasteiger charge is -2.23. The second-order valence-corrected chi connectivity index (χ2v) is 6.84. The number of hydrogen-bond acceptors (Lipinski definition) is 5. The van der Waals surface area contributed by atoms with Crippen LogP contribution in [0, 0.1) is 11.7 Å². The van der Waals surface area contributed by atoms with Gasteiger partial charge in [0, 0.05) is 18.8 Å². The van der Waals surface area contributed by atoms with Gasteiger partial charge in [0.2, 0.25) is 0 Å². The minimum Gasteiger partial charge on any atom is -0.488 e. The summed E-state index contributed by atoms with van der Waals surface area (Å²) in [6, 6.07) is 6.40. The average Bonchev–Trinajstić information content (AvgIpc) is 3.21. The quantitative estimate of drug-likeness (QED) is 0.566. The van der Waals surface area contributed by atoms with Crippen LogP contribution in [0.2, 0.25) is 0 Å². The molecule has 1 N–H and O–H groups in total. The van der Waals surface area contributed by atoms with Crippen molar-refractivity contribution in [1.82, 2.24) is 15.1 Å². The molecule has 6 nitrogen and oxygen atoms in total. The zero-order valence-electron chi connectivity index (χ0n) is 15.7. The highest BCUT2D eigenvalue weighted by Crippen LogP contribution is 2.26. The van der Waals surface area contributed by atoms with Gasteiger partial charge in [0.1, 0.15) is 17.2 Å². The van der Waals surface area contributed by atoms with Crippen LogP contribution in [0.15, 0.2) is 52.4 Å². The SMILES string of the molecule is C=N/C(=C(/OCC1CCNCC1)C(Cl)=NC)c1cnn(-c2ccccc2F)c1. The van der Waals surface area contributed by atoms with Crippen molar-refractivity contribution in [2.45, 2.75) is 12.8 Å². The van der Waals surface area contributed by atoms with Crippen LogP contribution >= 0.6 is 11.6 Å². The van der Waals surface area contributed by atoms with Gasteiger partial charge in [0.05, 0.1) is 12.8 Å². The molecule has 28 heavy (non-hydrogen) atoms. The van der Waals surface area contributed by atoms with Crippen molar-refractivity contribution in [2.75, 3.05) is 26.7 Å². The van der Waals surface area contributed by atoms with Crippen molar-refractivity contribution < 1.29 is 9.13 Å². The molecule has 8 heteroatoms. The van der Waals surface area contributed by atoms with Crippen molar-refractivity contribution in [3.63, 3.8) is 0 Å². The number of ether oxygens (including phenoxy) is 1. The summed E-state index contributed by atoms with van der Waals surface area (Å²) in [4.78, 5) is 8.14. The second-order valence-electron chi connectivity index (χ2n) is 6.48. The normalized spacial score (nSPS) is 16.6. The molecule has 1 aromatic heterocycles. The monoisotopic (exact) mass is 403 g/mol.